The van der Waals surface area contributed by atoms with Crippen LogP contribution in [-0.2, 0) is 19.6 Å². The summed E-state index contributed by atoms with van der Waals surface area (Å²) in [5.74, 6) is -2.64. The third-order valence-electron chi connectivity index (χ3n) is 2.89. The molecule has 0 aliphatic heterocycles. The van der Waals surface area contributed by atoms with E-state index < -0.39 is 33.7 Å². The molecule has 0 aromatic carbocycles. The Labute approximate surface area is 120 Å². The van der Waals surface area contributed by atoms with E-state index in [0.717, 1.165) is 6.42 Å². The van der Waals surface area contributed by atoms with Crippen LogP contribution in [0.5, 0.6) is 0 Å². The molecule has 7 nitrogen and oxygen atoms in total. The predicted octanol–water partition coefficient (Wildman–Crippen LogP) is 0.418. The first-order chi connectivity index (χ1) is 9.28. The molecule has 0 spiro atoms. The fourth-order valence-corrected chi connectivity index (χ4v) is 3.16. The Morgan fingerprint density at radius 3 is 2.15 bits per heavy atom. The Morgan fingerprint density at radius 1 is 1.20 bits per heavy atom. The molecular weight excluding hydrogens is 284 g/mol. The van der Waals surface area contributed by atoms with Crippen LogP contribution in [0.2, 0.25) is 0 Å². The largest absolute Gasteiger partial charge is 0.480 e. The smallest absolute Gasteiger partial charge is 0.326 e. The Kier molecular flexibility index (Phi) is 8.40. The number of carboxylic acids is 1. The standard InChI is InChI=1S/C12H24N2O5S/c1-4-7-8-10(12(16)17)13-11(15)9-20(18,19)14(5-2)6-3/h10H,4-9H2,1-3H3,(H,13,15)(H,16,17)/t10-/m0/s1. The summed E-state index contributed by atoms with van der Waals surface area (Å²) in [6.07, 6.45) is 1.75. The van der Waals surface area contributed by atoms with Crippen molar-refractivity contribution in [2.75, 3.05) is 18.8 Å². The SMILES string of the molecule is CCCC[C@H](NC(=O)CS(=O)(=O)N(CC)CC)C(=O)O. The monoisotopic (exact) mass is 308 g/mol. The maximum Gasteiger partial charge on any atom is 0.326 e. The van der Waals surface area contributed by atoms with Gasteiger partial charge in [0.25, 0.3) is 0 Å². The van der Waals surface area contributed by atoms with Crippen LogP contribution in [0.3, 0.4) is 0 Å². The summed E-state index contributed by atoms with van der Waals surface area (Å²) in [5.41, 5.74) is 0. The zero-order valence-corrected chi connectivity index (χ0v) is 13.1. The third kappa shape index (κ3) is 6.33. The van der Waals surface area contributed by atoms with E-state index in [1.165, 1.54) is 4.31 Å². The summed E-state index contributed by atoms with van der Waals surface area (Å²) in [4.78, 5) is 22.7. The van der Waals surface area contributed by atoms with Gasteiger partial charge < -0.3 is 10.4 Å². The summed E-state index contributed by atoms with van der Waals surface area (Å²) in [7, 11) is -3.69. The number of hydrogen-bond donors (Lipinski definition) is 2. The number of carbonyl (C=O) groups excluding carboxylic acids is 1. The molecular formula is C12H24N2O5S. The van der Waals surface area contributed by atoms with Crippen molar-refractivity contribution in [1.82, 2.24) is 9.62 Å². The Hall–Kier alpha value is -1.15. The van der Waals surface area contributed by atoms with Crippen LogP contribution in [0.1, 0.15) is 40.0 Å². The molecule has 0 bridgehead atoms. The Morgan fingerprint density at radius 2 is 1.75 bits per heavy atom. The highest BCUT2D eigenvalue weighted by Crippen LogP contribution is 2.03. The molecule has 0 unspecified atom stereocenters. The highest BCUT2D eigenvalue weighted by Gasteiger charge is 2.26. The first-order valence-electron chi connectivity index (χ1n) is 6.78. The number of nitrogens with one attached hydrogen (secondary N) is 1. The molecule has 0 aliphatic carbocycles. The summed E-state index contributed by atoms with van der Waals surface area (Å²) in [6.45, 7) is 5.83. The summed E-state index contributed by atoms with van der Waals surface area (Å²) in [6, 6.07) is -1.03. The van der Waals surface area contributed by atoms with Crippen LogP contribution in [-0.4, -0.2) is 54.6 Å². The molecule has 0 aliphatic rings. The maximum absolute atomic E-state index is 11.9. The van der Waals surface area contributed by atoms with Gasteiger partial charge in [0.2, 0.25) is 15.9 Å². The lowest BCUT2D eigenvalue weighted by molar-refractivity contribution is -0.141. The van der Waals surface area contributed by atoms with Gasteiger partial charge in [-0.15, -0.1) is 0 Å². The number of sulfonamides is 1. The van der Waals surface area contributed by atoms with Crippen LogP contribution in [0.15, 0.2) is 0 Å². The number of unbranched alkanes of at least 4 members (excludes halogenated alkanes) is 1. The van der Waals surface area contributed by atoms with Gasteiger partial charge in [-0.25, -0.2) is 17.5 Å². The lowest BCUT2D eigenvalue weighted by atomic mass is 10.1. The predicted molar refractivity (Wildman–Crippen MR) is 75.8 cm³/mol. The second kappa shape index (κ2) is 8.91. The number of nitrogens with zero attached hydrogens (tertiary/aromatic N) is 1. The normalized spacial score (nSPS) is 13.2. The average molecular weight is 308 g/mol. The molecule has 0 saturated carbocycles. The average Bonchev–Trinajstić information content (AvgIpc) is 2.34. The second-order valence-corrected chi connectivity index (χ2v) is 6.41. The van der Waals surface area contributed by atoms with Gasteiger partial charge in [-0.2, -0.15) is 0 Å². The number of aliphatic carboxylic acids is 1. The highest BCUT2D eigenvalue weighted by atomic mass is 32.2. The molecule has 0 radical (unpaired) electrons. The number of hydrogen-bond acceptors (Lipinski definition) is 4. The minimum atomic E-state index is -3.69. The van der Waals surface area contributed by atoms with Gasteiger partial charge in [-0.1, -0.05) is 33.6 Å². The van der Waals surface area contributed by atoms with Gasteiger partial charge in [0.15, 0.2) is 0 Å². The first kappa shape index (κ1) is 18.9. The number of amides is 1. The lowest BCUT2D eigenvalue weighted by Gasteiger charge is -2.19. The molecule has 20 heavy (non-hydrogen) atoms. The molecule has 0 aromatic rings. The molecule has 8 heteroatoms. The zero-order valence-electron chi connectivity index (χ0n) is 12.3. The minimum Gasteiger partial charge on any atom is -0.480 e. The third-order valence-corrected chi connectivity index (χ3v) is 4.82. The van der Waals surface area contributed by atoms with Gasteiger partial charge in [-0.05, 0) is 6.42 Å². The van der Waals surface area contributed by atoms with Gasteiger partial charge >= 0.3 is 5.97 Å². The summed E-state index contributed by atoms with van der Waals surface area (Å²) < 4.78 is 24.9. The van der Waals surface area contributed by atoms with Crippen molar-refractivity contribution in [3.05, 3.63) is 0 Å². The van der Waals surface area contributed by atoms with E-state index in [-0.39, 0.29) is 13.1 Å². The number of rotatable bonds is 10. The molecule has 0 aromatic heterocycles. The second-order valence-electron chi connectivity index (χ2n) is 4.44. The van der Waals surface area contributed by atoms with Crippen molar-refractivity contribution in [1.29, 1.82) is 0 Å². The lowest BCUT2D eigenvalue weighted by Crippen LogP contribution is -2.45. The van der Waals surface area contributed by atoms with Crippen LogP contribution in [0.25, 0.3) is 0 Å². The summed E-state index contributed by atoms with van der Waals surface area (Å²) >= 11 is 0. The number of carbonyl (C=O) groups is 2. The van der Waals surface area contributed by atoms with E-state index in [1.807, 2.05) is 6.92 Å². The van der Waals surface area contributed by atoms with E-state index in [2.05, 4.69) is 5.32 Å². The maximum atomic E-state index is 11.9. The van der Waals surface area contributed by atoms with Crippen molar-refractivity contribution in [3.63, 3.8) is 0 Å². The van der Waals surface area contributed by atoms with Crippen LogP contribution >= 0.6 is 0 Å². The molecule has 0 fully saturated rings. The topological polar surface area (TPSA) is 104 Å². The van der Waals surface area contributed by atoms with Gasteiger partial charge in [0.05, 0.1) is 0 Å². The fraction of sp³-hybridized carbons (Fsp3) is 0.833. The fourth-order valence-electron chi connectivity index (χ4n) is 1.78. The summed E-state index contributed by atoms with van der Waals surface area (Å²) in [5, 5.41) is 11.2. The Balaban J connectivity index is 4.63. The first-order valence-corrected chi connectivity index (χ1v) is 8.39. The van der Waals surface area contributed by atoms with Crippen LogP contribution in [0, 0.1) is 0 Å². The van der Waals surface area contributed by atoms with Gasteiger partial charge in [0, 0.05) is 13.1 Å². The highest BCUT2D eigenvalue weighted by molar-refractivity contribution is 7.89. The zero-order chi connectivity index (χ0) is 15.8. The molecule has 1 amide bonds. The van der Waals surface area contributed by atoms with Crippen molar-refractivity contribution in [2.24, 2.45) is 0 Å². The molecule has 2 N–H and O–H groups in total. The molecule has 0 rings (SSSR count). The molecule has 118 valence electrons. The van der Waals surface area contributed by atoms with E-state index in [1.54, 1.807) is 13.8 Å². The van der Waals surface area contributed by atoms with Crippen LogP contribution in [0.4, 0.5) is 0 Å². The van der Waals surface area contributed by atoms with Crippen molar-refractivity contribution < 1.29 is 23.1 Å². The van der Waals surface area contributed by atoms with Crippen LogP contribution < -0.4 is 5.32 Å². The minimum absolute atomic E-state index is 0.282. The van der Waals surface area contributed by atoms with Crippen molar-refractivity contribution in [2.45, 2.75) is 46.1 Å². The molecule has 0 heterocycles. The van der Waals surface area contributed by atoms with E-state index >= 15 is 0 Å². The molecule has 0 saturated heterocycles. The van der Waals surface area contributed by atoms with E-state index in [0.29, 0.717) is 12.8 Å². The van der Waals surface area contributed by atoms with Crippen molar-refractivity contribution >= 4 is 21.9 Å². The van der Waals surface area contributed by atoms with Crippen molar-refractivity contribution in [3.8, 4) is 0 Å². The van der Waals surface area contributed by atoms with Gasteiger partial charge in [-0.3, -0.25) is 4.79 Å². The molecule has 1 atom stereocenters. The Bertz CT molecular complexity index is 418. The van der Waals surface area contributed by atoms with E-state index in [9.17, 15) is 18.0 Å². The van der Waals surface area contributed by atoms with E-state index in [4.69, 9.17) is 5.11 Å². The quantitative estimate of drug-likeness (QED) is 0.608. The number of carboxylic acid groups (broad SMARTS) is 1. The van der Waals surface area contributed by atoms with Gasteiger partial charge in [0.1, 0.15) is 11.8 Å².